The number of amides is 1. The Bertz CT molecular complexity index is 1130. The fraction of sp³-hybridized carbons (Fsp3) is 0.500. The summed E-state index contributed by atoms with van der Waals surface area (Å²) < 4.78 is 63.5. The molecule has 1 unspecified atom stereocenters. The normalized spacial score (nSPS) is 15.9. The highest BCUT2D eigenvalue weighted by molar-refractivity contribution is 5.99. The number of carbonyl (C=O) groups is 6. The quantitative estimate of drug-likeness (QED) is 0.196. The Hall–Kier alpha value is -4.42. The highest BCUT2D eigenvalue weighted by atomic mass is 19.4. The van der Waals surface area contributed by atoms with Crippen LogP contribution in [0.15, 0.2) is 24.3 Å². The van der Waals surface area contributed by atoms with E-state index >= 15 is 0 Å². The molecule has 1 aliphatic heterocycles. The van der Waals surface area contributed by atoms with Crippen LogP contribution in [0, 0.1) is 0 Å². The van der Waals surface area contributed by atoms with Crippen LogP contribution in [0.1, 0.15) is 36.5 Å². The Morgan fingerprint density at radius 3 is 1.70 bits per heavy atom. The lowest BCUT2D eigenvalue weighted by Gasteiger charge is -2.27. The van der Waals surface area contributed by atoms with E-state index in [9.17, 15) is 55.7 Å². The zero-order valence-corrected chi connectivity index (χ0v) is 22.8. The number of halogens is 6. The van der Waals surface area contributed by atoms with Gasteiger partial charge < -0.3 is 30.2 Å². The van der Waals surface area contributed by atoms with E-state index in [1.165, 1.54) is 11.8 Å². The molecule has 0 aromatic heterocycles. The van der Waals surface area contributed by atoms with Crippen molar-refractivity contribution in [2.45, 2.75) is 56.7 Å². The summed E-state index contributed by atoms with van der Waals surface area (Å²) >= 11 is 0. The topological polar surface area (TPSA) is 202 Å². The highest BCUT2D eigenvalue weighted by Crippen LogP contribution is 2.19. The van der Waals surface area contributed by atoms with Crippen molar-refractivity contribution in [1.29, 1.82) is 0 Å². The number of aliphatic carboxylic acids is 4. The maximum atomic E-state index is 12.6. The molecular formula is C24H29F6N3O10. The van der Waals surface area contributed by atoms with Crippen molar-refractivity contribution in [2.75, 3.05) is 25.5 Å². The minimum absolute atomic E-state index is 0.316. The number of nitrogens with one attached hydrogen (secondary N) is 1. The van der Waals surface area contributed by atoms with Gasteiger partial charge in [0.25, 0.3) is 0 Å². The van der Waals surface area contributed by atoms with Gasteiger partial charge in [0, 0.05) is 38.3 Å². The molecule has 242 valence electrons. The Labute approximate surface area is 239 Å². The van der Waals surface area contributed by atoms with Crippen molar-refractivity contribution in [3.05, 3.63) is 29.8 Å². The molecule has 1 heterocycles. The predicted molar refractivity (Wildman–Crippen MR) is 133 cm³/mol. The smallest absolute Gasteiger partial charge is 0.480 e. The third kappa shape index (κ3) is 13.4. The fourth-order valence-corrected chi connectivity index (χ4v) is 3.38. The Morgan fingerprint density at radius 2 is 1.35 bits per heavy atom. The summed E-state index contributed by atoms with van der Waals surface area (Å²) in [5, 5.41) is 35.6. The molecule has 13 nitrogen and oxygen atoms in total. The lowest BCUT2D eigenvalue weighted by molar-refractivity contribution is -0.193. The standard InChI is InChI=1S/C20H27N3O6.2C2HF3O2/c1-12(18(25)23-10-4-5-16(23)20(28)29)21-15(19(26)27)11-17(24)13-6-8-14(9-7-13)22(2)3;2*3-2(4,5)1(6)7/h6-9,12,15-16,21H,4-5,10-11H2,1-3H3,(H,26,27)(H,28,29);2*(H,6,7)/t12-,15?,16-;;/m0../s1. The first-order chi connectivity index (χ1) is 19.5. The van der Waals surface area contributed by atoms with Gasteiger partial charge in [-0.2, -0.15) is 26.3 Å². The zero-order valence-electron chi connectivity index (χ0n) is 22.8. The van der Waals surface area contributed by atoms with Crippen LogP contribution in [-0.2, 0) is 24.0 Å². The number of rotatable bonds is 9. The van der Waals surface area contributed by atoms with E-state index in [-0.39, 0.29) is 12.2 Å². The van der Waals surface area contributed by atoms with Crippen LogP contribution in [0.3, 0.4) is 0 Å². The zero-order chi connectivity index (χ0) is 33.9. The maximum absolute atomic E-state index is 12.6. The molecule has 2 rings (SSSR count). The molecule has 1 aromatic carbocycles. The number of nitrogens with zero attached hydrogens (tertiary/aromatic N) is 2. The van der Waals surface area contributed by atoms with Crippen LogP contribution in [0.2, 0.25) is 0 Å². The second kappa shape index (κ2) is 16.3. The largest absolute Gasteiger partial charge is 0.490 e. The number of hydrogen-bond acceptors (Lipinski definition) is 8. The Balaban J connectivity index is 0.00000104. The third-order valence-corrected chi connectivity index (χ3v) is 5.52. The van der Waals surface area contributed by atoms with Gasteiger partial charge in [0.2, 0.25) is 5.91 Å². The van der Waals surface area contributed by atoms with Gasteiger partial charge in [-0.25, -0.2) is 14.4 Å². The average Bonchev–Trinajstić information content (AvgIpc) is 3.37. The van der Waals surface area contributed by atoms with E-state index in [1.807, 2.05) is 19.0 Å². The molecule has 1 aliphatic rings. The van der Waals surface area contributed by atoms with E-state index in [4.69, 9.17) is 19.8 Å². The molecule has 1 saturated heterocycles. The molecule has 1 amide bonds. The van der Waals surface area contributed by atoms with Crippen LogP contribution < -0.4 is 10.2 Å². The highest BCUT2D eigenvalue weighted by Gasteiger charge is 2.39. The van der Waals surface area contributed by atoms with E-state index in [0.29, 0.717) is 24.9 Å². The number of alkyl halides is 6. The van der Waals surface area contributed by atoms with Crippen molar-refractivity contribution >= 4 is 41.3 Å². The number of likely N-dealkylation sites (tertiary alicyclic amines) is 1. The summed E-state index contributed by atoms with van der Waals surface area (Å²) in [5.74, 6) is -8.68. The molecule has 0 spiro atoms. The van der Waals surface area contributed by atoms with Gasteiger partial charge in [-0.1, -0.05) is 0 Å². The summed E-state index contributed by atoms with van der Waals surface area (Å²) in [4.78, 5) is 68.9. The SMILES string of the molecule is C[C@H](NC(CC(=O)c1ccc(N(C)C)cc1)C(=O)O)C(=O)N1CCC[C@H]1C(=O)O.O=C(O)C(F)(F)F.O=C(O)C(F)(F)F. The number of carboxylic acids is 4. The molecule has 0 bridgehead atoms. The summed E-state index contributed by atoms with van der Waals surface area (Å²) in [6.07, 6.45) is -9.53. The van der Waals surface area contributed by atoms with Gasteiger partial charge in [0.1, 0.15) is 12.1 Å². The van der Waals surface area contributed by atoms with Crippen molar-refractivity contribution < 1.29 is 75.5 Å². The molecule has 0 aliphatic carbocycles. The van der Waals surface area contributed by atoms with Gasteiger partial charge in [0.15, 0.2) is 5.78 Å². The summed E-state index contributed by atoms with van der Waals surface area (Å²) in [7, 11) is 3.74. The lowest BCUT2D eigenvalue weighted by atomic mass is 10.0. The summed E-state index contributed by atoms with van der Waals surface area (Å²) in [5.41, 5.74) is 1.29. The molecule has 0 radical (unpaired) electrons. The first-order valence-electron chi connectivity index (χ1n) is 11.9. The van der Waals surface area contributed by atoms with Gasteiger partial charge in [-0.15, -0.1) is 0 Å². The van der Waals surface area contributed by atoms with Crippen molar-refractivity contribution in [3.8, 4) is 0 Å². The van der Waals surface area contributed by atoms with Gasteiger partial charge in [-0.05, 0) is 44.0 Å². The molecule has 5 N–H and O–H groups in total. The molecule has 43 heavy (non-hydrogen) atoms. The first-order valence-corrected chi connectivity index (χ1v) is 11.9. The molecule has 0 saturated carbocycles. The second-order valence-electron chi connectivity index (χ2n) is 8.98. The number of anilines is 1. The van der Waals surface area contributed by atoms with E-state index in [2.05, 4.69) is 5.32 Å². The average molecular weight is 633 g/mol. The van der Waals surface area contributed by atoms with Crippen LogP contribution in [0.5, 0.6) is 0 Å². The van der Waals surface area contributed by atoms with Crippen LogP contribution >= 0.6 is 0 Å². The van der Waals surface area contributed by atoms with Gasteiger partial charge in [0.05, 0.1) is 6.04 Å². The Morgan fingerprint density at radius 1 is 0.907 bits per heavy atom. The third-order valence-electron chi connectivity index (χ3n) is 5.52. The van der Waals surface area contributed by atoms with Gasteiger partial charge >= 0.3 is 36.2 Å². The van der Waals surface area contributed by atoms with Crippen LogP contribution in [0.25, 0.3) is 0 Å². The van der Waals surface area contributed by atoms with E-state index in [0.717, 1.165) is 5.69 Å². The number of carbonyl (C=O) groups excluding carboxylic acids is 2. The number of carboxylic acid groups (broad SMARTS) is 4. The van der Waals surface area contributed by atoms with Crippen molar-refractivity contribution in [3.63, 3.8) is 0 Å². The summed E-state index contributed by atoms with van der Waals surface area (Å²) in [6.45, 7) is 1.79. The molecule has 1 aromatic rings. The molecular weight excluding hydrogens is 604 g/mol. The number of hydrogen-bond donors (Lipinski definition) is 5. The Kier molecular flexibility index (Phi) is 14.6. The van der Waals surface area contributed by atoms with Crippen LogP contribution in [-0.4, -0.2) is 112 Å². The lowest BCUT2D eigenvalue weighted by Crippen LogP contribution is -2.53. The minimum atomic E-state index is -5.08. The van der Waals surface area contributed by atoms with Crippen molar-refractivity contribution in [2.24, 2.45) is 0 Å². The first kappa shape index (κ1) is 38.6. The molecule has 1 fully saturated rings. The second-order valence-corrected chi connectivity index (χ2v) is 8.98. The molecule has 3 atom stereocenters. The minimum Gasteiger partial charge on any atom is -0.480 e. The number of ketones is 1. The maximum Gasteiger partial charge on any atom is 0.490 e. The molecule has 19 heteroatoms. The van der Waals surface area contributed by atoms with Gasteiger partial charge in [-0.3, -0.25) is 19.7 Å². The number of Topliss-reactive ketones (excluding diaryl/α,β-unsaturated/α-hetero) is 1. The van der Waals surface area contributed by atoms with E-state index < -0.39 is 60.3 Å². The fourth-order valence-electron chi connectivity index (χ4n) is 3.38. The number of benzene rings is 1. The summed E-state index contributed by atoms with van der Waals surface area (Å²) in [6, 6.07) is 3.71. The monoisotopic (exact) mass is 633 g/mol. The predicted octanol–water partition coefficient (Wildman–Crippen LogP) is 2.10. The van der Waals surface area contributed by atoms with Crippen LogP contribution in [0.4, 0.5) is 32.0 Å². The van der Waals surface area contributed by atoms with E-state index in [1.54, 1.807) is 24.3 Å². The van der Waals surface area contributed by atoms with Crippen molar-refractivity contribution in [1.82, 2.24) is 10.2 Å².